The summed E-state index contributed by atoms with van der Waals surface area (Å²) in [6.45, 7) is 0.0898. The fraction of sp³-hybridized carbons (Fsp3) is 0.214. The third kappa shape index (κ3) is 3.86. The van der Waals surface area contributed by atoms with E-state index in [2.05, 4.69) is 21.2 Å². The molecule has 116 valence electrons. The molecule has 0 fully saturated rings. The van der Waals surface area contributed by atoms with Gasteiger partial charge in [0.05, 0.1) is 0 Å². The first-order chi connectivity index (χ1) is 10.4. The van der Waals surface area contributed by atoms with Gasteiger partial charge in [0.25, 0.3) is 5.56 Å². The SMILES string of the molecule is Cn1c(=O)ccn(CC(=O)NCc2ccc(Br)cc2Cl)c1=O. The molecule has 0 aliphatic carbocycles. The lowest BCUT2D eigenvalue weighted by atomic mass is 10.2. The Kier molecular flexibility index (Phi) is 5.20. The number of hydrogen-bond acceptors (Lipinski definition) is 3. The summed E-state index contributed by atoms with van der Waals surface area (Å²) in [6.07, 6.45) is 1.30. The molecule has 2 aromatic rings. The summed E-state index contributed by atoms with van der Waals surface area (Å²) in [5.74, 6) is -0.347. The highest BCUT2D eigenvalue weighted by atomic mass is 79.9. The highest BCUT2D eigenvalue weighted by Crippen LogP contribution is 2.21. The maximum absolute atomic E-state index is 11.9. The van der Waals surface area contributed by atoms with Crippen LogP contribution in [-0.4, -0.2) is 15.0 Å². The Morgan fingerprint density at radius 2 is 2.05 bits per heavy atom. The number of aromatic nitrogens is 2. The van der Waals surface area contributed by atoms with Crippen LogP contribution >= 0.6 is 27.5 Å². The smallest absolute Gasteiger partial charge is 0.331 e. The van der Waals surface area contributed by atoms with E-state index in [1.165, 1.54) is 23.9 Å². The number of halogens is 2. The van der Waals surface area contributed by atoms with Gasteiger partial charge in [-0.3, -0.25) is 18.7 Å². The molecule has 0 bridgehead atoms. The van der Waals surface area contributed by atoms with Crippen molar-refractivity contribution in [2.75, 3.05) is 0 Å². The largest absolute Gasteiger partial charge is 0.350 e. The maximum Gasteiger partial charge on any atom is 0.331 e. The molecule has 0 aliphatic heterocycles. The molecule has 6 nitrogen and oxygen atoms in total. The fourth-order valence-electron chi connectivity index (χ4n) is 1.81. The molecule has 0 saturated carbocycles. The number of hydrogen-bond donors (Lipinski definition) is 1. The minimum atomic E-state index is -0.538. The van der Waals surface area contributed by atoms with Gasteiger partial charge >= 0.3 is 5.69 Å². The normalized spacial score (nSPS) is 10.5. The van der Waals surface area contributed by atoms with Crippen LogP contribution in [0.15, 0.2) is 44.5 Å². The van der Waals surface area contributed by atoms with Crippen LogP contribution in [0.1, 0.15) is 5.56 Å². The van der Waals surface area contributed by atoms with Crippen molar-refractivity contribution in [2.24, 2.45) is 7.05 Å². The lowest BCUT2D eigenvalue weighted by molar-refractivity contribution is -0.121. The van der Waals surface area contributed by atoms with E-state index in [-0.39, 0.29) is 19.0 Å². The molecule has 1 N–H and O–H groups in total. The highest BCUT2D eigenvalue weighted by molar-refractivity contribution is 9.10. The average Bonchev–Trinajstić information content (AvgIpc) is 2.47. The predicted octanol–water partition coefficient (Wildman–Crippen LogP) is 1.28. The van der Waals surface area contributed by atoms with Crippen molar-refractivity contribution in [1.29, 1.82) is 0 Å². The molecule has 0 radical (unpaired) electrons. The van der Waals surface area contributed by atoms with Crippen LogP contribution in [0.2, 0.25) is 5.02 Å². The van der Waals surface area contributed by atoms with Crippen LogP contribution in [-0.2, 0) is 24.9 Å². The molecule has 0 atom stereocenters. The van der Waals surface area contributed by atoms with Crippen LogP contribution in [0.3, 0.4) is 0 Å². The van der Waals surface area contributed by atoms with E-state index < -0.39 is 11.2 Å². The molecule has 1 aromatic carbocycles. The van der Waals surface area contributed by atoms with Crippen molar-refractivity contribution >= 4 is 33.4 Å². The Morgan fingerprint density at radius 1 is 1.32 bits per heavy atom. The van der Waals surface area contributed by atoms with E-state index in [0.29, 0.717) is 5.02 Å². The zero-order valence-electron chi connectivity index (χ0n) is 11.7. The van der Waals surface area contributed by atoms with Crippen LogP contribution < -0.4 is 16.6 Å². The van der Waals surface area contributed by atoms with E-state index in [1.54, 1.807) is 12.1 Å². The zero-order valence-corrected chi connectivity index (χ0v) is 14.0. The summed E-state index contributed by atoms with van der Waals surface area (Å²) >= 11 is 9.37. The second-order valence-electron chi connectivity index (χ2n) is 4.64. The summed E-state index contributed by atoms with van der Waals surface area (Å²) in [6, 6.07) is 6.59. The predicted molar refractivity (Wildman–Crippen MR) is 86.9 cm³/mol. The summed E-state index contributed by atoms with van der Waals surface area (Å²) in [4.78, 5) is 35.0. The molecule has 8 heteroatoms. The van der Waals surface area contributed by atoms with Gasteiger partial charge in [-0.1, -0.05) is 33.6 Å². The summed E-state index contributed by atoms with van der Waals surface area (Å²) in [7, 11) is 1.36. The number of carbonyl (C=O) groups excluding carboxylic acids is 1. The summed E-state index contributed by atoms with van der Waals surface area (Å²) in [5, 5.41) is 3.22. The number of nitrogens with zero attached hydrogens (tertiary/aromatic N) is 2. The molecular weight excluding hydrogens is 374 g/mol. The van der Waals surface area contributed by atoms with E-state index >= 15 is 0 Å². The zero-order chi connectivity index (χ0) is 16.3. The molecule has 0 saturated heterocycles. The molecule has 2 rings (SSSR count). The summed E-state index contributed by atoms with van der Waals surface area (Å²) < 4.78 is 2.96. The van der Waals surface area contributed by atoms with Crippen molar-refractivity contribution in [3.8, 4) is 0 Å². The van der Waals surface area contributed by atoms with Crippen molar-refractivity contribution < 1.29 is 4.79 Å². The van der Waals surface area contributed by atoms with Crippen LogP contribution in [0.5, 0.6) is 0 Å². The molecule has 1 heterocycles. The Balaban J connectivity index is 2.03. The first kappa shape index (κ1) is 16.5. The standard InChI is InChI=1S/C14H13BrClN3O3/c1-18-13(21)4-5-19(14(18)22)8-12(20)17-7-9-2-3-10(15)6-11(9)16/h2-6H,7-8H2,1H3,(H,17,20). The quantitative estimate of drug-likeness (QED) is 0.860. The Labute approximate surface area is 139 Å². The molecule has 0 aliphatic rings. The Bertz CT molecular complexity index is 829. The number of amides is 1. The number of carbonyl (C=O) groups is 1. The molecule has 22 heavy (non-hydrogen) atoms. The first-order valence-electron chi connectivity index (χ1n) is 6.35. The highest BCUT2D eigenvalue weighted by Gasteiger charge is 2.08. The van der Waals surface area contributed by atoms with E-state index in [0.717, 1.165) is 14.6 Å². The van der Waals surface area contributed by atoms with Gasteiger partial charge in [0.15, 0.2) is 0 Å². The lowest BCUT2D eigenvalue weighted by Gasteiger charge is -2.09. The van der Waals surface area contributed by atoms with Gasteiger partial charge in [-0.2, -0.15) is 0 Å². The lowest BCUT2D eigenvalue weighted by Crippen LogP contribution is -2.40. The number of nitrogens with one attached hydrogen (secondary N) is 1. The van der Waals surface area contributed by atoms with Crippen LogP contribution in [0.4, 0.5) is 0 Å². The Hall–Kier alpha value is -1.86. The summed E-state index contributed by atoms with van der Waals surface area (Å²) in [5.41, 5.74) is -0.182. The van der Waals surface area contributed by atoms with Gasteiger partial charge in [-0.05, 0) is 17.7 Å². The monoisotopic (exact) mass is 385 g/mol. The molecule has 1 aromatic heterocycles. The van der Waals surface area contributed by atoms with Crippen LogP contribution in [0.25, 0.3) is 0 Å². The van der Waals surface area contributed by atoms with Crippen LogP contribution in [0, 0.1) is 0 Å². The molecular formula is C14H13BrClN3O3. The van der Waals surface area contributed by atoms with Gasteiger partial charge in [0.2, 0.25) is 5.91 Å². The van der Waals surface area contributed by atoms with E-state index in [9.17, 15) is 14.4 Å². The van der Waals surface area contributed by atoms with Crippen molar-refractivity contribution in [3.05, 3.63) is 66.4 Å². The van der Waals surface area contributed by atoms with Gasteiger partial charge in [-0.25, -0.2) is 4.79 Å². The number of rotatable bonds is 4. The van der Waals surface area contributed by atoms with Crippen molar-refractivity contribution in [1.82, 2.24) is 14.5 Å². The second-order valence-corrected chi connectivity index (χ2v) is 5.96. The third-order valence-electron chi connectivity index (χ3n) is 3.07. The average molecular weight is 387 g/mol. The minimum absolute atomic E-state index is 0.166. The maximum atomic E-state index is 11.9. The van der Waals surface area contributed by atoms with Gasteiger partial charge in [0, 0.05) is 35.4 Å². The molecule has 1 amide bonds. The number of benzene rings is 1. The first-order valence-corrected chi connectivity index (χ1v) is 7.52. The van der Waals surface area contributed by atoms with Gasteiger partial charge in [-0.15, -0.1) is 0 Å². The third-order valence-corrected chi connectivity index (χ3v) is 3.91. The minimum Gasteiger partial charge on any atom is -0.350 e. The Morgan fingerprint density at radius 3 is 2.73 bits per heavy atom. The van der Waals surface area contributed by atoms with E-state index in [1.807, 2.05) is 6.07 Å². The molecule has 0 unspecified atom stereocenters. The van der Waals surface area contributed by atoms with Gasteiger partial charge in [0.1, 0.15) is 6.54 Å². The van der Waals surface area contributed by atoms with E-state index in [4.69, 9.17) is 11.6 Å². The second kappa shape index (κ2) is 6.93. The van der Waals surface area contributed by atoms with Crippen molar-refractivity contribution in [2.45, 2.75) is 13.1 Å². The van der Waals surface area contributed by atoms with Crippen molar-refractivity contribution in [3.63, 3.8) is 0 Å². The van der Waals surface area contributed by atoms with Gasteiger partial charge < -0.3 is 5.32 Å². The fourth-order valence-corrected chi connectivity index (χ4v) is 2.55. The molecule has 0 spiro atoms. The topological polar surface area (TPSA) is 73.1 Å².